The monoisotopic (exact) mass is 205 g/mol. The average molecular weight is 205 g/mol. The Morgan fingerprint density at radius 2 is 1.60 bits per heavy atom. The van der Waals surface area contributed by atoms with Crippen LogP contribution in [0, 0.1) is 34.3 Å². The Hall–Kier alpha value is -2.40. The van der Waals surface area contributed by atoms with E-state index in [1.807, 2.05) is 0 Å². The Morgan fingerprint density at radius 1 is 1.13 bits per heavy atom. The molecule has 0 saturated heterocycles. The van der Waals surface area contributed by atoms with Crippen molar-refractivity contribution in [2.24, 2.45) is 5.73 Å². The Kier molecular flexibility index (Phi) is 3.00. The third-order valence-electron chi connectivity index (χ3n) is 1.73. The van der Waals surface area contributed by atoms with E-state index in [1.54, 1.807) is 0 Å². The number of nitrogens with zero attached hydrogens (tertiary/aromatic N) is 2. The van der Waals surface area contributed by atoms with E-state index in [9.17, 15) is 8.78 Å². The summed E-state index contributed by atoms with van der Waals surface area (Å²) in [6.45, 7) is 0. The summed E-state index contributed by atoms with van der Waals surface area (Å²) in [5.41, 5.74) is 3.77. The lowest BCUT2D eigenvalue weighted by Gasteiger charge is -2.04. The molecule has 0 unspecified atom stereocenters. The zero-order chi connectivity index (χ0) is 11.4. The van der Waals surface area contributed by atoms with Crippen molar-refractivity contribution in [2.45, 2.75) is 0 Å². The Labute approximate surface area is 84.7 Å². The van der Waals surface area contributed by atoms with Gasteiger partial charge in [0.25, 0.3) is 0 Å². The predicted molar refractivity (Wildman–Crippen MR) is 48.7 cm³/mol. The molecule has 0 aliphatic rings. The van der Waals surface area contributed by atoms with Gasteiger partial charge in [0.05, 0.1) is 11.3 Å². The molecule has 0 saturated carbocycles. The van der Waals surface area contributed by atoms with E-state index in [-0.39, 0.29) is 0 Å². The van der Waals surface area contributed by atoms with E-state index in [4.69, 9.17) is 16.3 Å². The van der Waals surface area contributed by atoms with Crippen LogP contribution in [0.1, 0.15) is 5.56 Å². The molecule has 74 valence electrons. The predicted octanol–water partition coefficient (Wildman–Crippen LogP) is 1.68. The van der Waals surface area contributed by atoms with Crippen molar-refractivity contribution in [3.05, 3.63) is 41.0 Å². The number of nitriles is 2. The molecule has 1 aromatic rings. The number of rotatable bonds is 1. The molecule has 0 amide bonds. The van der Waals surface area contributed by atoms with Crippen molar-refractivity contribution in [1.29, 1.82) is 10.5 Å². The fourth-order valence-electron chi connectivity index (χ4n) is 1.03. The maximum atomic E-state index is 13.2. The van der Waals surface area contributed by atoms with Crippen LogP contribution in [0.4, 0.5) is 8.78 Å². The van der Waals surface area contributed by atoms with Crippen LogP contribution in [0.5, 0.6) is 0 Å². The van der Waals surface area contributed by atoms with Crippen molar-refractivity contribution in [3.63, 3.8) is 0 Å². The summed E-state index contributed by atoms with van der Waals surface area (Å²) >= 11 is 0. The molecule has 0 bridgehead atoms. The summed E-state index contributed by atoms with van der Waals surface area (Å²) < 4.78 is 26.3. The topological polar surface area (TPSA) is 73.6 Å². The highest BCUT2D eigenvalue weighted by molar-refractivity contribution is 5.73. The third-order valence-corrected chi connectivity index (χ3v) is 1.73. The molecule has 3 nitrogen and oxygen atoms in total. The molecule has 0 radical (unpaired) electrons. The van der Waals surface area contributed by atoms with Crippen LogP contribution < -0.4 is 5.73 Å². The Bertz CT molecular complexity index is 470. The lowest BCUT2D eigenvalue weighted by molar-refractivity contribution is 0.576. The molecule has 0 heterocycles. The van der Waals surface area contributed by atoms with Gasteiger partial charge in [-0.1, -0.05) is 6.07 Å². The lowest BCUT2D eigenvalue weighted by atomic mass is 10.1. The summed E-state index contributed by atoms with van der Waals surface area (Å²) in [5.74, 6) is -1.81. The molecule has 0 fully saturated rings. The van der Waals surface area contributed by atoms with Gasteiger partial charge in [0.15, 0.2) is 5.57 Å². The second kappa shape index (κ2) is 4.21. The van der Waals surface area contributed by atoms with Gasteiger partial charge in [-0.15, -0.1) is 0 Å². The minimum atomic E-state index is -0.907. The molecule has 15 heavy (non-hydrogen) atoms. The highest BCUT2D eigenvalue weighted by Gasteiger charge is 2.14. The number of halogens is 2. The van der Waals surface area contributed by atoms with E-state index >= 15 is 0 Å². The largest absolute Gasteiger partial charge is 0.396 e. The molecule has 0 spiro atoms. The average Bonchev–Trinajstić information content (AvgIpc) is 2.19. The van der Waals surface area contributed by atoms with Crippen molar-refractivity contribution >= 4 is 5.70 Å². The summed E-state index contributed by atoms with van der Waals surface area (Å²) in [7, 11) is 0. The fraction of sp³-hybridized carbons (Fsp3) is 0. The van der Waals surface area contributed by atoms with Crippen LogP contribution in [0.25, 0.3) is 5.70 Å². The number of allylic oxidation sites excluding steroid dienone is 1. The normalized spacial score (nSPS) is 8.80. The summed E-state index contributed by atoms with van der Waals surface area (Å²) in [4.78, 5) is 0. The van der Waals surface area contributed by atoms with Crippen LogP contribution in [-0.2, 0) is 0 Å². The van der Waals surface area contributed by atoms with E-state index in [0.717, 1.165) is 12.1 Å². The quantitative estimate of drug-likeness (QED) is 0.709. The third kappa shape index (κ3) is 1.92. The van der Waals surface area contributed by atoms with Gasteiger partial charge in [-0.2, -0.15) is 10.5 Å². The van der Waals surface area contributed by atoms with Crippen molar-refractivity contribution in [1.82, 2.24) is 0 Å². The van der Waals surface area contributed by atoms with Gasteiger partial charge >= 0.3 is 0 Å². The summed E-state index contributed by atoms with van der Waals surface area (Å²) in [5, 5.41) is 17.0. The minimum absolute atomic E-state index is 0.490. The van der Waals surface area contributed by atoms with Gasteiger partial charge < -0.3 is 5.73 Å². The smallest absolute Gasteiger partial charge is 0.153 e. The van der Waals surface area contributed by atoms with E-state index < -0.39 is 28.5 Å². The molecule has 0 atom stereocenters. The number of nitrogens with two attached hydrogens (primary N) is 1. The van der Waals surface area contributed by atoms with Gasteiger partial charge in [-0.25, -0.2) is 8.78 Å². The first-order chi connectivity index (χ1) is 7.11. The molecule has 5 heteroatoms. The molecule has 1 rings (SSSR count). The Balaban J connectivity index is 3.50. The molecule has 0 aromatic heterocycles. The number of hydrogen-bond donors (Lipinski definition) is 1. The minimum Gasteiger partial charge on any atom is -0.396 e. The zero-order valence-corrected chi connectivity index (χ0v) is 7.46. The second-order valence-electron chi connectivity index (χ2n) is 2.61. The van der Waals surface area contributed by atoms with Crippen LogP contribution in [0.3, 0.4) is 0 Å². The summed E-state index contributed by atoms with van der Waals surface area (Å²) in [6, 6.07) is 6.09. The maximum Gasteiger partial charge on any atom is 0.153 e. The van der Waals surface area contributed by atoms with Crippen LogP contribution in [0.15, 0.2) is 23.8 Å². The van der Waals surface area contributed by atoms with E-state index in [2.05, 4.69) is 0 Å². The van der Waals surface area contributed by atoms with Crippen molar-refractivity contribution < 1.29 is 8.78 Å². The van der Waals surface area contributed by atoms with Gasteiger partial charge in [0.1, 0.15) is 23.8 Å². The first kappa shape index (κ1) is 10.7. The lowest BCUT2D eigenvalue weighted by Crippen LogP contribution is -2.05. The standard InChI is InChI=1S/C10H5F2N3/c11-7-2-1-3-8(12)9(7)10(15)6(4-13)5-14/h1-3H,15H2. The first-order valence-corrected chi connectivity index (χ1v) is 3.86. The van der Waals surface area contributed by atoms with Crippen molar-refractivity contribution in [2.75, 3.05) is 0 Å². The Morgan fingerprint density at radius 3 is 2.00 bits per heavy atom. The fourth-order valence-corrected chi connectivity index (χ4v) is 1.03. The van der Waals surface area contributed by atoms with Gasteiger partial charge in [0, 0.05) is 0 Å². The molecule has 1 aromatic carbocycles. The SMILES string of the molecule is N#CC(C#N)=C(N)c1c(F)cccc1F. The highest BCUT2D eigenvalue weighted by Crippen LogP contribution is 2.20. The second-order valence-corrected chi connectivity index (χ2v) is 2.61. The van der Waals surface area contributed by atoms with Crippen LogP contribution in [-0.4, -0.2) is 0 Å². The van der Waals surface area contributed by atoms with Gasteiger partial charge in [0.2, 0.25) is 0 Å². The zero-order valence-electron chi connectivity index (χ0n) is 7.46. The molecule has 0 aliphatic heterocycles. The van der Waals surface area contributed by atoms with Gasteiger partial charge in [-0.3, -0.25) is 0 Å². The van der Waals surface area contributed by atoms with Crippen LogP contribution >= 0.6 is 0 Å². The first-order valence-electron chi connectivity index (χ1n) is 3.86. The maximum absolute atomic E-state index is 13.2. The van der Waals surface area contributed by atoms with Crippen LogP contribution in [0.2, 0.25) is 0 Å². The highest BCUT2D eigenvalue weighted by atomic mass is 19.1. The van der Waals surface area contributed by atoms with E-state index in [0.29, 0.717) is 0 Å². The molecule has 0 aliphatic carbocycles. The van der Waals surface area contributed by atoms with E-state index in [1.165, 1.54) is 18.2 Å². The van der Waals surface area contributed by atoms with Crippen molar-refractivity contribution in [3.8, 4) is 12.1 Å². The molecule has 2 N–H and O–H groups in total. The van der Waals surface area contributed by atoms with Gasteiger partial charge in [-0.05, 0) is 12.1 Å². The summed E-state index contributed by atoms with van der Waals surface area (Å²) in [6.07, 6.45) is 0. The molecular formula is C10H5F2N3. The number of benzene rings is 1. The number of hydrogen-bond acceptors (Lipinski definition) is 3. The molecular weight excluding hydrogens is 200 g/mol.